The topological polar surface area (TPSA) is 25.2 Å². The van der Waals surface area contributed by atoms with Gasteiger partial charge in [-0.3, -0.25) is 0 Å². The van der Waals surface area contributed by atoms with Crippen molar-refractivity contribution in [3.8, 4) is 0 Å². The third kappa shape index (κ3) is 3.55. The number of nitrogens with one attached hydrogen (secondary N) is 1. The summed E-state index contributed by atoms with van der Waals surface area (Å²) in [7, 11) is 0. The highest BCUT2D eigenvalue weighted by Crippen LogP contribution is 2.27. The van der Waals surface area contributed by atoms with Gasteiger partial charge in [0, 0.05) is 5.39 Å². The largest absolute Gasteiger partial charge is 0.459 e. The van der Waals surface area contributed by atoms with Crippen LogP contribution in [-0.2, 0) is 6.42 Å². The summed E-state index contributed by atoms with van der Waals surface area (Å²) in [6.07, 6.45) is 3.29. The minimum absolute atomic E-state index is 0.289. The van der Waals surface area contributed by atoms with E-state index < -0.39 is 0 Å². The van der Waals surface area contributed by atoms with E-state index in [-0.39, 0.29) is 6.04 Å². The first-order valence-electron chi connectivity index (χ1n) is 7.59. The molecule has 0 aliphatic heterocycles. The van der Waals surface area contributed by atoms with Crippen molar-refractivity contribution in [2.75, 3.05) is 6.54 Å². The Morgan fingerprint density at radius 2 is 2.14 bits per heavy atom. The summed E-state index contributed by atoms with van der Waals surface area (Å²) in [5.41, 5.74) is 2.39. The molecule has 1 aromatic carbocycles. The average Bonchev–Trinajstić information content (AvgIpc) is 3.16. The molecule has 0 aliphatic rings. The van der Waals surface area contributed by atoms with Crippen molar-refractivity contribution in [2.45, 2.75) is 32.2 Å². The van der Waals surface area contributed by atoms with Gasteiger partial charge < -0.3 is 9.73 Å². The third-order valence-corrected chi connectivity index (χ3v) is 4.46. The maximum Gasteiger partial charge on any atom is 0.134 e. The molecule has 3 rings (SSSR count). The molecular weight excluding hydrogens is 278 g/mol. The van der Waals surface area contributed by atoms with Crippen LogP contribution in [0.25, 0.3) is 11.0 Å². The first kappa shape index (κ1) is 14.4. The fourth-order valence-electron chi connectivity index (χ4n) is 2.58. The van der Waals surface area contributed by atoms with E-state index in [1.54, 1.807) is 11.3 Å². The number of thiophene rings is 1. The normalized spacial score (nSPS) is 12.8. The molecule has 1 atom stereocenters. The number of aryl methyl sites for hydroxylation is 1. The van der Waals surface area contributed by atoms with Crippen molar-refractivity contribution >= 4 is 22.3 Å². The molecule has 2 nitrogen and oxygen atoms in total. The molecule has 0 radical (unpaired) electrons. The van der Waals surface area contributed by atoms with Gasteiger partial charge in [-0.05, 0) is 60.3 Å². The van der Waals surface area contributed by atoms with Crippen LogP contribution in [0.4, 0.5) is 0 Å². The van der Waals surface area contributed by atoms with Gasteiger partial charge in [0.25, 0.3) is 0 Å². The summed E-state index contributed by atoms with van der Waals surface area (Å²) in [6, 6.07) is 12.9. The molecule has 1 N–H and O–H groups in total. The molecular formula is C18H21NOS. The maximum absolute atomic E-state index is 6.04. The van der Waals surface area contributed by atoms with Gasteiger partial charge in [0.1, 0.15) is 11.3 Å². The molecule has 1 unspecified atom stereocenters. The van der Waals surface area contributed by atoms with Gasteiger partial charge in [-0.25, -0.2) is 0 Å². The summed E-state index contributed by atoms with van der Waals surface area (Å²) in [5.74, 6) is 1.06. The Bertz CT molecular complexity index is 638. The Hall–Kier alpha value is -1.58. The molecule has 3 aromatic rings. The van der Waals surface area contributed by atoms with Crippen LogP contribution >= 0.6 is 11.3 Å². The minimum atomic E-state index is 0.289. The molecule has 0 amide bonds. The van der Waals surface area contributed by atoms with Crippen LogP contribution in [0.1, 0.15) is 37.1 Å². The van der Waals surface area contributed by atoms with Crippen molar-refractivity contribution in [1.29, 1.82) is 0 Å². The molecule has 0 saturated heterocycles. The first-order valence-corrected chi connectivity index (χ1v) is 8.54. The van der Waals surface area contributed by atoms with Gasteiger partial charge in [-0.1, -0.05) is 25.1 Å². The zero-order valence-corrected chi connectivity index (χ0v) is 13.2. The zero-order chi connectivity index (χ0) is 14.5. The second-order valence-corrected chi connectivity index (χ2v) is 6.14. The lowest BCUT2D eigenvalue weighted by Gasteiger charge is -2.15. The lowest BCUT2D eigenvalue weighted by Crippen LogP contribution is -2.22. The highest BCUT2D eigenvalue weighted by atomic mass is 32.1. The van der Waals surface area contributed by atoms with E-state index in [4.69, 9.17) is 4.42 Å². The number of rotatable bonds is 7. The second-order valence-electron chi connectivity index (χ2n) is 5.36. The van der Waals surface area contributed by atoms with Crippen molar-refractivity contribution in [3.05, 3.63) is 58.5 Å². The molecule has 0 saturated carbocycles. The Morgan fingerprint density at radius 3 is 2.90 bits per heavy atom. The fourth-order valence-corrected chi connectivity index (χ4v) is 3.29. The number of hydrogen-bond donors (Lipinski definition) is 1. The first-order chi connectivity index (χ1) is 10.4. The lowest BCUT2D eigenvalue weighted by molar-refractivity contribution is 0.411. The molecule has 0 aliphatic carbocycles. The van der Waals surface area contributed by atoms with E-state index in [1.165, 1.54) is 10.9 Å². The van der Waals surface area contributed by atoms with Gasteiger partial charge in [-0.15, -0.1) is 0 Å². The van der Waals surface area contributed by atoms with Crippen molar-refractivity contribution < 1.29 is 4.42 Å². The predicted molar refractivity (Wildman–Crippen MR) is 89.9 cm³/mol. The third-order valence-electron chi connectivity index (χ3n) is 3.73. The van der Waals surface area contributed by atoms with Gasteiger partial charge in [0.05, 0.1) is 6.04 Å². The highest BCUT2D eigenvalue weighted by molar-refractivity contribution is 7.07. The van der Waals surface area contributed by atoms with Gasteiger partial charge in [0.2, 0.25) is 0 Å². The molecule has 2 aromatic heterocycles. The number of furan rings is 1. The molecule has 2 heterocycles. The van der Waals surface area contributed by atoms with Crippen molar-refractivity contribution in [1.82, 2.24) is 5.32 Å². The predicted octanol–water partition coefficient (Wildman–Crippen LogP) is 5.17. The molecule has 3 heteroatoms. The second kappa shape index (κ2) is 6.92. The lowest BCUT2D eigenvalue weighted by atomic mass is 10.1. The standard InChI is InChI=1S/C18H21NOS/c1-2-10-19-16(8-7-14-9-11-21-13-14)18-12-15-5-3-4-6-17(15)20-18/h3-6,9,11-13,16,19H,2,7-8,10H2,1H3. The SMILES string of the molecule is CCCNC(CCc1ccsc1)c1cc2ccccc2o1. The zero-order valence-electron chi connectivity index (χ0n) is 12.3. The molecule has 0 fully saturated rings. The number of para-hydroxylation sites is 1. The summed E-state index contributed by atoms with van der Waals surface area (Å²) in [6.45, 7) is 3.22. The Kier molecular flexibility index (Phi) is 4.73. The smallest absolute Gasteiger partial charge is 0.134 e. The van der Waals surface area contributed by atoms with Crippen LogP contribution in [0, 0.1) is 0 Å². The fraction of sp³-hybridized carbons (Fsp3) is 0.333. The number of hydrogen-bond acceptors (Lipinski definition) is 3. The molecule has 0 bridgehead atoms. The van der Waals surface area contributed by atoms with Crippen LogP contribution in [0.15, 0.2) is 51.6 Å². The maximum atomic E-state index is 6.04. The Balaban J connectivity index is 1.76. The van der Waals surface area contributed by atoms with E-state index in [1.807, 2.05) is 12.1 Å². The van der Waals surface area contributed by atoms with Crippen LogP contribution in [-0.4, -0.2) is 6.54 Å². The number of benzene rings is 1. The van der Waals surface area contributed by atoms with Crippen LogP contribution in [0.3, 0.4) is 0 Å². The molecule has 21 heavy (non-hydrogen) atoms. The Morgan fingerprint density at radius 1 is 1.24 bits per heavy atom. The summed E-state index contributed by atoms with van der Waals surface area (Å²) in [4.78, 5) is 0. The summed E-state index contributed by atoms with van der Waals surface area (Å²) in [5, 5.41) is 9.18. The van der Waals surface area contributed by atoms with E-state index in [0.717, 1.165) is 37.2 Å². The van der Waals surface area contributed by atoms with E-state index in [9.17, 15) is 0 Å². The van der Waals surface area contributed by atoms with Crippen LogP contribution < -0.4 is 5.32 Å². The Labute approximate surface area is 129 Å². The quantitative estimate of drug-likeness (QED) is 0.651. The minimum Gasteiger partial charge on any atom is -0.459 e. The monoisotopic (exact) mass is 299 g/mol. The van der Waals surface area contributed by atoms with E-state index >= 15 is 0 Å². The number of fused-ring (bicyclic) bond motifs is 1. The van der Waals surface area contributed by atoms with Gasteiger partial charge in [-0.2, -0.15) is 11.3 Å². The van der Waals surface area contributed by atoms with Crippen molar-refractivity contribution in [3.63, 3.8) is 0 Å². The molecule has 0 spiro atoms. The molecule has 110 valence electrons. The van der Waals surface area contributed by atoms with Crippen LogP contribution in [0.2, 0.25) is 0 Å². The highest BCUT2D eigenvalue weighted by Gasteiger charge is 2.15. The summed E-state index contributed by atoms with van der Waals surface area (Å²) < 4.78 is 6.04. The average molecular weight is 299 g/mol. The summed E-state index contributed by atoms with van der Waals surface area (Å²) >= 11 is 1.76. The van der Waals surface area contributed by atoms with E-state index in [2.05, 4.69) is 47.3 Å². The van der Waals surface area contributed by atoms with E-state index in [0.29, 0.717) is 0 Å². The van der Waals surface area contributed by atoms with Gasteiger partial charge >= 0.3 is 0 Å². The van der Waals surface area contributed by atoms with Crippen molar-refractivity contribution in [2.24, 2.45) is 0 Å². The van der Waals surface area contributed by atoms with Crippen LogP contribution in [0.5, 0.6) is 0 Å². The van der Waals surface area contributed by atoms with Gasteiger partial charge in [0.15, 0.2) is 0 Å².